The van der Waals surface area contributed by atoms with Crippen molar-refractivity contribution in [2.45, 2.75) is 12.2 Å². The number of nitrogens with zero attached hydrogens (tertiary/aromatic N) is 1. The van der Waals surface area contributed by atoms with Gasteiger partial charge in [0.25, 0.3) is 0 Å². The molecule has 0 bridgehead atoms. The van der Waals surface area contributed by atoms with Crippen molar-refractivity contribution in [2.24, 2.45) is 0 Å². The number of aryl methyl sites for hydroxylation is 1. The van der Waals surface area contributed by atoms with Crippen molar-refractivity contribution in [2.75, 3.05) is 11.1 Å². The number of H-pyrrole nitrogens is 1. The predicted octanol–water partition coefficient (Wildman–Crippen LogP) is 3.65. The largest absolute Gasteiger partial charge is 0.308 e. The predicted molar refractivity (Wildman–Crippen MR) is 90.2 cm³/mol. The third-order valence-corrected chi connectivity index (χ3v) is 5.25. The molecule has 4 rings (SSSR count). The molecule has 1 aliphatic rings. The summed E-state index contributed by atoms with van der Waals surface area (Å²) in [5.74, 6) is 1.09. The number of hydrogen-bond donors (Lipinski definition) is 2. The van der Waals surface area contributed by atoms with Crippen LogP contribution in [0.1, 0.15) is 22.1 Å². The van der Waals surface area contributed by atoms with Crippen LogP contribution in [-0.4, -0.2) is 21.9 Å². The highest BCUT2D eigenvalue weighted by molar-refractivity contribution is 8.00. The Kier molecular flexibility index (Phi) is 3.15. The number of carbonyl (C=O) groups excluding carboxylic acids is 1. The number of nitrogens with one attached hydrogen (secondary N) is 2. The molecule has 110 valence electrons. The first-order chi connectivity index (χ1) is 10.7. The first kappa shape index (κ1) is 13.4. The second-order valence-corrected chi connectivity index (χ2v) is 6.51. The molecule has 2 aromatic carbocycles. The van der Waals surface area contributed by atoms with Gasteiger partial charge in [0, 0.05) is 11.3 Å². The Hall–Kier alpha value is -2.27. The standard InChI is InChI=1S/C17H15N3OS/c1-10-15-16(22-9-14(21)18-17(15)20-19-10)13-8-4-6-11-5-2-3-7-12(11)13/h2-8,16H,9H2,1H3,(H2,18,19,20,21)/t16-/m1/s1. The Balaban J connectivity index is 1.94. The Morgan fingerprint density at radius 3 is 2.91 bits per heavy atom. The summed E-state index contributed by atoms with van der Waals surface area (Å²) < 4.78 is 0. The zero-order chi connectivity index (χ0) is 15.1. The topological polar surface area (TPSA) is 57.8 Å². The van der Waals surface area contributed by atoms with Crippen LogP contribution < -0.4 is 5.32 Å². The number of fused-ring (bicyclic) bond motifs is 2. The Morgan fingerprint density at radius 1 is 1.18 bits per heavy atom. The third-order valence-electron chi connectivity index (χ3n) is 4.00. The number of carbonyl (C=O) groups is 1. The number of amides is 1. The highest BCUT2D eigenvalue weighted by Crippen LogP contribution is 2.44. The number of hydrogen-bond acceptors (Lipinski definition) is 3. The van der Waals surface area contributed by atoms with E-state index < -0.39 is 0 Å². The van der Waals surface area contributed by atoms with Crippen LogP contribution >= 0.6 is 11.8 Å². The Bertz CT molecular complexity index is 866. The molecule has 5 heteroatoms. The third kappa shape index (κ3) is 2.09. The maximum atomic E-state index is 11.9. The first-order valence-corrected chi connectivity index (χ1v) is 8.23. The zero-order valence-electron chi connectivity index (χ0n) is 12.1. The van der Waals surface area contributed by atoms with Crippen molar-refractivity contribution in [3.05, 3.63) is 59.3 Å². The lowest BCUT2D eigenvalue weighted by Gasteiger charge is -2.17. The monoisotopic (exact) mass is 309 g/mol. The lowest BCUT2D eigenvalue weighted by Crippen LogP contribution is -2.12. The quantitative estimate of drug-likeness (QED) is 0.721. The lowest BCUT2D eigenvalue weighted by atomic mass is 9.98. The van der Waals surface area contributed by atoms with Gasteiger partial charge in [-0.3, -0.25) is 9.89 Å². The number of rotatable bonds is 1. The maximum Gasteiger partial charge on any atom is 0.235 e. The molecule has 2 N–H and O–H groups in total. The van der Waals surface area contributed by atoms with E-state index >= 15 is 0 Å². The lowest BCUT2D eigenvalue weighted by molar-refractivity contribution is -0.113. The number of anilines is 1. The minimum atomic E-state index is 0.000451. The summed E-state index contributed by atoms with van der Waals surface area (Å²) in [4.78, 5) is 11.9. The van der Waals surface area contributed by atoms with Crippen LogP contribution in [0.2, 0.25) is 0 Å². The van der Waals surface area contributed by atoms with Gasteiger partial charge in [-0.2, -0.15) is 5.10 Å². The van der Waals surface area contributed by atoms with Crippen molar-refractivity contribution in [3.8, 4) is 0 Å². The van der Waals surface area contributed by atoms with Crippen molar-refractivity contribution in [3.63, 3.8) is 0 Å². The van der Waals surface area contributed by atoms with Crippen molar-refractivity contribution in [1.82, 2.24) is 10.2 Å². The molecular weight excluding hydrogens is 294 g/mol. The number of thioether (sulfide) groups is 1. The van der Waals surface area contributed by atoms with Crippen molar-refractivity contribution in [1.29, 1.82) is 0 Å². The van der Waals surface area contributed by atoms with Crippen LogP contribution in [0.15, 0.2) is 42.5 Å². The van der Waals surface area contributed by atoms with Crippen molar-refractivity contribution >= 4 is 34.3 Å². The summed E-state index contributed by atoms with van der Waals surface area (Å²) in [5.41, 5.74) is 3.31. The van der Waals surface area contributed by atoms with E-state index in [0.29, 0.717) is 11.6 Å². The highest BCUT2D eigenvalue weighted by atomic mass is 32.2. The summed E-state index contributed by atoms with van der Waals surface area (Å²) in [6.07, 6.45) is 0. The number of aromatic amines is 1. The fraction of sp³-hybridized carbons (Fsp3) is 0.176. The van der Waals surface area contributed by atoms with Crippen LogP contribution in [0.5, 0.6) is 0 Å². The fourth-order valence-electron chi connectivity index (χ4n) is 2.99. The van der Waals surface area contributed by atoms with Crippen LogP contribution in [0.3, 0.4) is 0 Å². The highest BCUT2D eigenvalue weighted by Gasteiger charge is 2.28. The molecule has 4 nitrogen and oxygen atoms in total. The van der Waals surface area contributed by atoms with Crippen molar-refractivity contribution < 1.29 is 4.79 Å². The molecule has 0 unspecified atom stereocenters. The molecule has 0 fully saturated rings. The zero-order valence-corrected chi connectivity index (χ0v) is 12.9. The summed E-state index contributed by atoms with van der Waals surface area (Å²) in [6, 6.07) is 14.7. The van der Waals surface area contributed by atoms with Gasteiger partial charge < -0.3 is 5.32 Å². The van der Waals surface area contributed by atoms with Gasteiger partial charge in [-0.05, 0) is 23.3 Å². The number of benzene rings is 2. The normalized spacial score (nSPS) is 17.9. The minimum Gasteiger partial charge on any atom is -0.308 e. The van der Waals surface area contributed by atoms with Gasteiger partial charge in [0.1, 0.15) is 0 Å². The molecule has 0 aliphatic carbocycles. The Morgan fingerprint density at radius 2 is 2.00 bits per heavy atom. The second-order valence-electron chi connectivity index (χ2n) is 5.42. The van der Waals surface area contributed by atoms with E-state index in [0.717, 1.165) is 11.3 Å². The molecule has 22 heavy (non-hydrogen) atoms. The van der Waals surface area contributed by atoms with E-state index in [4.69, 9.17) is 0 Å². The molecule has 1 aliphatic heterocycles. The molecule has 1 atom stereocenters. The molecule has 1 aromatic heterocycles. The molecule has 3 aromatic rings. The molecule has 0 saturated carbocycles. The van der Waals surface area contributed by atoms with Crippen LogP contribution in [0.25, 0.3) is 10.8 Å². The van der Waals surface area contributed by atoms with Gasteiger partial charge >= 0.3 is 0 Å². The summed E-state index contributed by atoms with van der Waals surface area (Å²) >= 11 is 1.65. The van der Waals surface area contributed by atoms with E-state index in [1.165, 1.54) is 16.3 Å². The SMILES string of the molecule is Cc1[nH]nc2c1[C@@H](c1cccc3ccccc13)SCC(=O)N2. The van der Waals surface area contributed by atoms with E-state index in [1.54, 1.807) is 11.8 Å². The van der Waals surface area contributed by atoms with E-state index in [2.05, 4.69) is 51.9 Å². The van der Waals surface area contributed by atoms with Gasteiger partial charge in [0.05, 0.1) is 11.0 Å². The molecule has 0 radical (unpaired) electrons. The van der Waals surface area contributed by atoms with E-state index in [9.17, 15) is 4.79 Å². The minimum absolute atomic E-state index is 0.000451. The fourth-order valence-corrected chi connectivity index (χ4v) is 4.22. The number of aromatic nitrogens is 2. The average molecular weight is 309 g/mol. The Labute approximate surface area is 132 Å². The average Bonchev–Trinajstić information content (AvgIpc) is 2.79. The van der Waals surface area contributed by atoms with Gasteiger partial charge in [-0.15, -0.1) is 11.8 Å². The smallest absolute Gasteiger partial charge is 0.235 e. The van der Waals surface area contributed by atoms with Gasteiger partial charge in [0.2, 0.25) is 5.91 Å². The summed E-state index contributed by atoms with van der Waals surface area (Å²) in [5, 5.41) is 12.7. The van der Waals surface area contributed by atoms with Crippen LogP contribution in [0.4, 0.5) is 5.82 Å². The van der Waals surface area contributed by atoms with Gasteiger partial charge in [-0.1, -0.05) is 42.5 Å². The first-order valence-electron chi connectivity index (χ1n) is 7.18. The van der Waals surface area contributed by atoms with Gasteiger partial charge in [0.15, 0.2) is 5.82 Å². The van der Waals surface area contributed by atoms with Gasteiger partial charge in [-0.25, -0.2) is 0 Å². The van der Waals surface area contributed by atoms with E-state index in [-0.39, 0.29) is 11.2 Å². The summed E-state index contributed by atoms with van der Waals surface area (Å²) in [6.45, 7) is 2.00. The molecule has 2 heterocycles. The molecule has 0 spiro atoms. The van der Waals surface area contributed by atoms with Crippen LogP contribution in [-0.2, 0) is 4.79 Å². The van der Waals surface area contributed by atoms with E-state index in [1.807, 2.05) is 13.0 Å². The molecule has 1 amide bonds. The summed E-state index contributed by atoms with van der Waals surface area (Å²) in [7, 11) is 0. The second kappa shape index (κ2) is 5.18. The molecule has 0 saturated heterocycles. The maximum absolute atomic E-state index is 11.9. The molecular formula is C17H15N3OS. The van der Waals surface area contributed by atoms with Crippen LogP contribution in [0, 0.1) is 6.92 Å².